The van der Waals surface area contributed by atoms with Crippen molar-refractivity contribution in [1.29, 1.82) is 0 Å². The number of fused-ring (bicyclic) bond motifs is 1. The van der Waals surface area contributed by atoms with E-state index >= 15 is 0 Å². The van der Waals surface area contributed by atoms with Crippen LogP contribution in [0.4, 0.5) is 5.95 Å². The second kappa shape index (κ2) is 8.71. The first-order valence-corrected chi connectivity index (χ1v) is 11.3. The zero-order valence-corrected chi connectivity index (χ0v) is 18.9. The summed E-state index contributed by atoms with van der Waals surface area (Å²) in [6.07, 6.45) is 0.913. The molecule has 33 heavy (non-hydrogen) atoms. The Balaban J connectivity index is 1.58. The van der Waals surface area contributed by atoms with Crippen molar-refractivity contribution in [2.75, 3.05) is 24.5 Å². The number of rotatable bonds is 5. The highest BCUT2D eigenvalue weighted by Crippen LogP contribution is 2.23. The van der Waals surface area contributed by atoms with Gasteiger partial charge in [-0.1, -0.05) is 60.7 Å². The highest BCUT2D eigenvalue weighted by atomic mass is 16.2. The summed E-state index contributed by atoms with van der Waals surface area (Å²) in [6.45, 7) is 2.87. The van der Waals surface area contributed by atoms with E-state index in [1.54, 1.807) is 7.05 Å². The van der Waals surface area contributed by atoms with Crippen molar-refractivity contribution in [3.05, 3.63) is 92.6 Å². The Morgan fingerprint density at radius 3 is 2.30 bits per heavy atom. The number of benzene rings is 2. The maximum absolute atomic E-state index is 13.2. The molecule has 0 radical (unpaired) electrons. The van der Waals surface area contributed by atoms with Crippen molar-refractivity contribution in [3.8, 4) is 0 Å². The van der Waals surface area contributed by atoms with Crippen LogP contribution in [0.1, 0.15) is 11.1 Å². The molecule has 0 bridgehead atoms. The van der Waals surface area contributed by atoms with Crippen LogP contribution >= 0.6 is 0 Å². The first-order valence-electron chi connectivity index (χ1n) is 11.3. The molecule has 0 spiro atoms. The fourth-order valence-corrected chi connectivity index (χ4v) is 4.63. The highest BCUT2D eigenvalue weighted by molar-refractivity contribution is 5.75. The molecule has 1 fully saturated rings. The van der Waals surface area contributed by atoms with Crippen LogP contribution in [0, 0.1) is 0 Å². The highest BCUT2D eigenvalue weighted by Gasteiger charge is 2.27. The molecular weight excluding hydrogens is 416 g/mol. The molecule has 5 rings (SSSR count). The van der Waals surface area contributed by atoms with Crippen LogP contribution in [0.5, 0.6) is 0 Å². The van der Waals surface area contributed by atoms with E-state index in [9.17, 15) is 9.59 Å². The van der Waals surface area contributed by atoms with Gasteiger partial charge in [-0.2, -0.15) is 4.98 Å². The molecule has 8 heteroatoms. The van der Waals surface area contributed by atoms with Crippen molar-refractivity contribution in [1.82, 2.24) is 24.0 Å². The van der Waals surface area contributed by atoms with Crippen molar-refractivity contribution < 1.29 is 0 Å². The summed E-state index contributed by atoms with van der Waals surface area (Å²) < 4.78 is 4.59. The van der Waals surface area contributed by atoms with Crippen LogP contribution in [0.3, 0.4) is 0 Å². The van der Waals surface area contributed by atoms with Crippen LogP contribution in [-0.2, 0) is 27.1 Å². The van der Waals surface area contributed by atoms with Gasteiger partial charge in [-0.25, -0.2) is 4.79 Å². The normalized spacial score (nSPS) is 16.4. The zero-order valence-electron chi connectivity index (χ0n) is 18.9. The van der Waals surface area contributed by atoms with E-state index < -0.39 is 0 Å². The predicted octanol–water partition coefficient (Wildman–Crippen LogP) is 1.50. The van der Waals surface area contributed by atoms with Gasteiger partial charge in [-0.05, 0) is 17.5 Å². The SMILES string of the molecule is Cn1c(=O)c2c(nc(N3CCN[C@H](Cc4ccccc4)C3)n2Cc2ccccc2)n(C)c1=O. The van der Waals surface area contributed by atoms with Crippen molar-refractivity contribution in [2.24, 2.45) is 14.1 Å². The molecule has 2 aromatic heterocycles. The smallest absolute Gasteiger partial charge is 0.332 e. The lowest BCUT2D eigenvalue weighted by atomic mass is 10.0. The Kier molecular flexibility index (Phi) is 5.60. The molecule has 1 aliphatic rings. The molecule has 2 aromatic carbocycles. The van der Waals surface area contributed by atoms with Crippen molar-refractivity contribution in [3.63, 3.8) is 0 Å². The molecule has 8 nitrogen and oxygen atoms in total. The topological polar surface area (TPSA) is 77.1 Å². The van der Waals surface area contributed by atoms with Gasteiger partial charge in [0.2, 0.25) is 5.95 Å². The molecule has 0 unspecified atom stereocenters. The van der Waals surface area contributed by atoms with Crippen LogP contribution in [0.15, 0.2) is 70.3 Å². The van der Waals surface area contributed by atoms with E-state index in [0.29, 0.717) is 17.7 Å². The molecule has 0 aliphatic carbocycles. The Morgan fingerprint density at radius 2 is 1.61 bits per heavy atom. The van der Waals surface area contributed by atoms with Gasteiger partial charge in [0.25, 0.3) is 5.56 Å². The number of nitrogens with one attached hydrogen (secondary N) is 1. The minimum atomic E-state index is -0.370. The van der Waals surface area contributed by atoms with Crippen LogP contribution in [0.2, 0.25) is 0 Å². The standard InChI is InChI=1S/C25H28N6O2/c1-28-22-21(23(32)29(2)25(28)33)31(16-19-11-7-4-8-12-19)24(27-22)30-14-13-26-20(17-30)15-18-9-5-3-6-10-18/h3-12,20,26H,13-17H2,1-2H3/t20-/m1/s1. The number of hydrogen-bond donors (Lipinski definition) is 1. The molecule has 1 aliphatic heterocycles. The number of imidazole rings is 1. The third-order valence-corrected chi connectivity index (χ3v) is 6.37. The fraction of sp³-hybridized carbons (Fsp3) is 0.320. The van der Waals surface area contributed by atoms with E-state index in [1.807, 2.05) is 41.0 Å². The number of aromatic nitrogens is 4. The molecule has 4 aromatic rings. The molecule has 3 heterocycles. The summed E-state index contributed by atoms with van der Waals surface area (Å²) in [5.41, 5.74) is 2.55. The van der Waals surface area contributed by atoms with Gasteiger partial charge in [-0.3, -0.25) is 18.5 Å². The first kappa shape index (κ1) is 21.2. The molecular formula is C25H28N6O2. The largest absolute Gasteiger partial charge is 0.339 e. The Hall–Kier alpha value is -3.65. The van der Waals surface area contributed by atoms with Crippen molar-refractivity contribution >= 4 is 17.1 Å². The maximum atomic E-state index is 13.2. The Labute approximate surface area is 191 Å². The second-order valence-corrected chi connectivity index (χ2v) is 8.65. The monoisotopic (exact) mass is 444 g/mol. The van der Waals surface area contributed by atoms with Gasteiger partial charge < -0.3 is 10.2 Å². The summed E-state index contributed by atoms with van der Waals surface area (Å²) in [6, 6.07) is 20.7. The molecule has 0 amide bonds. The van der Waals surface area contributed by atoms with E-state index in [-0.39, 0.29) is 17.3 Å². The van der Waals surface area contributed by atoms with Gasteiger partial charge in [0.05, 0.1) is 6.54 Å². The number of nitrogens with zero attached hydrogens (tertiary/aromatic N) is 5. The van der Waals surface area contributed by atoms with E-state index in [1.165, 1.54) is 17.2 Å². The fourth-order valence-electron chi connectivity index (χ4n) is 4.63. The van der Waals surface area contributed by atoms with E-state index in [0.717, 1.165) is 42.1 Å². The van der Waals surface area contributed by atoms with Gasteiger partial charge in [0.1, 0.15) is 0 Å². The zero-order chi connectivity index (χ0) is 22.9. The first-order chi connectivity index (χ1) is 16.0. The molecule has 170 valence electrons. The summed E-state index contributed by atoms with van der Waals surface area (Å²) in [4.78, 5) is 32.8. The lowest BCUT2D eigenvalue weighted by Crippen LogP contribution is -2.52. The average Bonchev–Trinajstić information content (AvgIpc) is 3.22. The number of aryl methyl sites for hydroxylation is 1. The summed E-state index contributed by atoms with van der Waals surface area (Å²) in [5, 5.41) is 3.61. The van der Waals surface area contributed by atoms with Gasteiger partial charge in [0.15, 0.2) is 11.2 Å². The number of hydrogen-bond acceptors (Lipinski definition) is 5. The minimum Gasteiger partial charge on any atom is -0.339 e. The van der Waals surface area contributed by atoms with Gasteiger partial charge in [-0.15, -0.1) is 0 Å². The van der Waals surface area contributed by atoms with Gasteiger partial charge in [0, 0.05) is 39.8 Å². The van der Waals surface area contributed by atoms with Crippen LogP contribution in [-0.4, -0.2) is 44.4 Å². The van der Waals surface area contributed by atoms with Crippen molar-refractivity contribution in [2.45, 2.75) is 19.0 Å². The minimum absolute atomic E-state index is 0.262. The third-order valence-electron chi connectivity index (χ3n) is 6.37. The molecule has 1 atom stereocenters. The van der Waals surface area contributed by atoms with Crippen LogP contribution < -0.4 is 21.5 Å². The molecule has 1 saturated heterocycles. The summed E-state index contributed by atoms with van der Waals surface area (Å²) in [5.74, 6) is 0.728. The third kappa shape index (κ3) is 3.98. The Morgan fingerprint density at radius 1 is 0.939 bits per heavy atom. The van der Waals surface area contributed by atoms with Crippen LogP contribution in [0.25, 0.3) is 11.2 Å². The summed E-state index contributed by atoms with van der Waals surface area (Å²) in [7, 11) is 3.19. The lowest BCUT2D eigenvalue weighted by molar-refractivity contribution is 0.447. The molecule has 0 saturated carbocycles. The van der Waals surface area contributed by atoms with E-state index in [4.69, 9.17) is 4.98 Å². The Bertz CT molecular complexity index is 1390. The number of piperazine rings is 1. The number of anilines is 1. The summed E-state index contributed by atoms with van der Waals surface area (Å²) >= 11 is 0. The van der Waals surface area contributed by atoms with Gasteiger partial charge >= 0.3 is 5.69 Å². The molecule has 1 N–H and O–H groups in total. The quantitative estimate of drug-likeness (QED) is 0.505. The van der Waals surface area contributed by atoms with E-state index in [2.05, 4.69) is 34.5 Å². The average molecular weight is 445 g/mol. The predicted molar refractivity (Wildman–Crippen MR) is 130 cm³/mol. The second-order valence-electron chi connectivity index (χ2n) is 8.65. The lowest BCUT2D eigenvalue weighted by Gasteiger charge is -2.34. The maximum Gasteiger partial charge on any atom is 0.332 e.